The number of piperazine rings is 1. The fraction of sp³-hybridized carbons (Fsp3) is 0.677. The van der Waals surface area contributed by atoms with Crippen molar-refractivity contribution < 1.29 is 31.5 Å². The molecule has 4 aliphatic heterocycles. The molecule has 1 aromatic carbocycles. The highest BCUT2D eigenvalue weighted by Crippen LogP contribution is 2.43. The number of alkyl halides is 2. The van der Waals surface area contributed by atoms with Crippen LogP contribution in [0.5, 0.6) is 5.88 Å². The van der Waals surface area contributed by atoms with E-state index in [1.54, 1.807) is 6.07 Å². The van der Waals surface area contributed by atoms with Gasteiger partial charge >= 0.3 is 0 Å². The number of halogens is 2. The van der Waals surface area contributed by atoms with Crippen molar-refractivity contribution in [3.63, 3.8) is 0 Å². The number of benzene rings is 1. The van der Waals surface area contributed by atoms with Crippen LogP contribution in [0.2, 0.25) is 0 Å². The molecule has 49 heavy (non-hydrogen) atoms. The lowest BCUT2D eigenvalue weighted by molar-refractivity contribution is -0.150. The van der Waals surface area contributed by atoms with Gasteiger partial charge in [0.25, 0.3) is 6.43 Å². The van der Waals surface area contributed by atoms with Crippen LogP contribution in [0.25, 0.3) is 16.0 Å². The average Bonchev–Trinajstić information content (AvgIpc) is 3.39. The van der Waals surface area contributed by atoms with Crippen LogP contribution in [0.1, 0.15) is 45.0 Å². The van der Waals surface area contributed by atoms with Crippen LogP contribution in [0.4, 0.5) is 14.5 Å². The number of nitrogens with zero attached hydrogens (tertiary/aromatic N) is 8. The number of hydrogen-bond donors (Lipinski definition) is 1. The van der Waals surface area contributed by atoms with Crippen molar-refractivity contribution in [2.75, 3.05) is 71.0 Å². The van der Waals surface area contributed by atoms with E-state index < -0.39 is 32.4 Å². The van der Waals surface area contributed by atoms with Crippen LogP contribution in [0.15, 0.2) is 17.0 Å². The van der Waals surface area contributed by atoms with Gasteiger partial charge in [0.15, 0.2) is 5.01 Å². The highest BCUT2D eigenvalue weighted by Gasteiger charge is 2.47. The Morgan fingerprint density at radius 2 is 1.84 bits per heavy atom. The summed E-state index contributed by atoms with van der Waals surface area (Å²) in [5.74, 6) is 0.381. The van der Waals surface area contributed by atoms with Gasteiger partial charge in [-0.25, -0.2) is 26.6 Å². The third kappa shape index (κ3) is 5.87. The minimum absolute atomic E-state index is 0.0196. The zero-order valence-electron chi connectivity index (χ0n) is 27.9. The number of carbonyl (C=O) groups excluding carboxylic acids is 1. The Labute approximate surface area is 287 Å². The second-order valence-electron chi connectivity index (χ2n) is 14.7. The van der Waals surface area contributed by atoms with Gasteiger partial charge in [-0.3, -0.25) is 9.69 Å². The number of fused-ring (bicyclic) bond motifs is 1. The molecule has 5 fully saturated rings. The summed E-state index contributed by atoms with van der Waals surface area (Å²) in [5, 5.41) is 12.6. The van der Waals surface area contributed by atoms with E-state index in [-0.39, 0.29) is 34.0 Å². The molecule has 1 aliphatic carbocycles. The van der Waals surface area contributed by atoms with Gasteiger partial charge in [0.05, 0.1) is 46.2 Å². The fourth-order valence-electron chi connectivity index (χ4n) is 7.46. The Balaban J connectivity index is 1.19. The largest absolute Gasteiger partial charge is 0.470 e. The van der Waals surface area contributed by atoms with Crippen LogP contribution >= 0.6 is 11.3 Å². The predicted octanol–water partition coefficient (Wildman–Crippen LogP) is 2.10. The molecule has 0 bridgehead atoms. The number of ether oxygens (including phenoxy) is 2. The molecule has 1 amide bonds. The zero-order valence-corrected chi connectivity index (χ0v) is 29.6. The number of aromatic nitrogens is 4. The third-order valence-electron chi connectivity index (χ3n) is 10.7. The molecule has 3 aromatic rings. The molecular formula is C31H41F2N9O5S2. The molecule has 2 aromatic heterocycles. The Hall–Kier alpha value is -3.03. The maximum atomic E-state index is 13.9. The van der Waals surface area contributed by atoms with Crippen LogP contribution in [0, 0.1) is 5.41 Å². The van der Waals surface area contributed by atoms with Gasteiger partial charge < -0.3 is 24.2 Å². The molecule has 2 atom stereocenters. The molecule has 1 saturated carbocycles. The van der Waals surface area contributed by atoms with E-state index in [0.717, 1.165) is 12.8 Å². The first-order valence-electron chi connectivity index (χ1n) is 16.7. The normalized spacial score (nSPS) is 25.7. The maximum Gasteiger partial charge on any atom is 0.291 e. The minimum Gasteiger partial charge on any atom is -0.470 e. The number of anilines is 1. The minimum atomic E-state index is -3.99. The first kappa shape index (κ1) is 33.1. The molecule has 266 valence electrons. The molecule has 0 radical (unpaired) electrons. The molecule has 6 heterocycles. The van der Waals surface area contributed by atoms with Gasteiger partial charge in [0, 0.05) is 57.4 Å². The predicted molar refractivity (Wildman–Crippen MR) is 177 cm³/mol. The highest BCUT2D eigenvalue weighted by molar-refractivity contribution is 7.89. The number of carbonyl (C=O) groups is 1. The maximum absolute atomic E-state index is 13.9. The van der Waals surface area contributed by atoms with Crippen molar-refractivity contribution in [2.45, 2.75) is 68.7 Å². The summed E-state index contributed by atoms with van der Waals surface area (Å²) < 4.78 is 71.2. The summed E-state index contributed by atoms with van der Waals surface area (Å²) in [5.41, 5.74) is -0.00600. The second-order valence-corrected chi connectivity index (χ2v) is 17.4. The SMILES string of the molecule is C[C@@H]1[C@@H](Oc2nn(-c3nnc(C(F)F)s3)c3cc(S(=O)(=O)NC4(C)CC4)cc(N4CCN(C(=O)C5(C)CN(C)C5)CC4)c23)CN1C1COC1. The number of nitrogens with one attached hydrogen (secondary N) is 1. The van der Waals surface area contributed by atoms with E-state index in [0.29, 0.717) is 93.0 Å². The summed E-state index contributed by atoms with van der Waals surface area (Å²) in [6.07, 6.45) is -1.57. The summed E-state index contributed by atoms with van der Waals surface area (Å²) in [4.78, 5) is 21.9. The quantitative estimate of drug-likeness (QED) is 0.330. The highest BCUT2D eigenvalue weighted by atomic mass is 32.2. The molecule has 14 nitrogen and oxygen atoms in total. The van der Waals surface area contributed by atoms with Crippen LogP contribution in [0.3, 0.4) is 0 Å². The van der Waals surface area contributed by atoms with Crippen molar-refractivity contribution >= 4 is 43.9 Å². The number of rotatable bonds is 10. The lowest BCUT2D eigenvalue weighted by Crippen LogP contribution is -2.68. The summed E-state index contributed by atoms with van der Waals surface area (Å²) in [6.45, 7) is 11.2. The van der Waals surface area contributed by atoms with Gasteiger partial charge in [0.2, 0.25) is 26.9 Å². The van der Waals surface area contributed by atoms with Crippen molar-refractivity contribution in [3.05, 3.63) is 17.1 Å². The van der Waals surface area contributed by atoms with Gasteiger partial charge in [-0.1, -0.05) is 11.3 Å². The number of amides is 1. The second kappa shape index (κ2) is 11.8. The van der Waals surface area contributed by atoms with E-state index in [1.165, 1.54) is 10.7 Å². The number of likely N-dealkylation sites (tertiary alicyclic amines) is 2. The van der Waals surface area contributed by atoms with E-state index >= 15 is 0 Å². The van der Waals surface area contributed by atoms with Crippen molar-refractivity contribution in [1.29, 1.82) is 0 Å². The molecule has 5 aliphatic rings. The monoisotopic (exact) mass is 721 g/mol. The van der Waals surface area contributed by atoms with Gasteiger partial charge in [-0.05, 0) is 52.8 Å². The molecule has 1 N–H and O–H groups in total. The fourth-order valence-corrected chi connectivity index (χ4v) is 9.63. The Kier molecular flexibility index (Phi) is 7.95. The molecule has 8 rings (SSSR count). The van der Waals surface area contributed by atoms with E-state index in [2.05, 4.69) is 36.5 Å². The molecule has 4 saturated heterocycles. The molecule has 0 spiro atoms. The van der Waals surface area contributed by atoms with Crippen molar-refractivity contribution in [3.8, 4) is 11.0 Å². The topological polar surface area (TPSA) is 138 Å². The van der Waals surface area contributed by atoms with E-state index in [4.69, 9.17) is 14.6 Å². The van der Waals surface area contributed by atoms with Crippen LogP contribution in [-0.2, 0) is 19.6 Å². The third-order valence-corrected chi connectivity index (χ3v) is 13.2. The molecule has 0 unspecified atom stereocenters. The van der Waals surface area contributed by atoms with Crippen LogP contribution < -0.4 is 14.4 Å². The van der Waals surface area contributed by atoms with Crippen molar-refractivity contribution in [1.82, 2.24) is 39.4 Å². The first-order valence-corrected chi connectivity index (χ1v) is 19.0. The van der Waals surface area contributed by atoms with Gasteiger partial charge in [-0.2, -0.15) is 0 Å². The van der Waals surface area contributed by atoms with E-state index in [1.807, 2.05) is 25.8 Å². The van der Waals surface area contributed by atoms with Crippen LogP contribution in [-0.4, -0.2) is 139 Å². The number of sulfonamides is 1. The Bertz CT molecular complexity index is 1880. The molecule has 18 heteroatoms. The Morgan fingerprint density at radius 1 is 1.12 bits per heavy atom. The van der Waals surface area contributed by atoms with E-state index in [9.17, 15) is 22.0 Å². The summed E-state index contributed by atoms with van der Waals surface area (Å²) >= 11 is 0.689. The lowest BCUT2D eigenvalue weighted by Gasteiger charge is -2.51. The van der Waals surface area contributed by atoms with Gasteiger partial charge in [0.1, 0.15) is 6.10 Å². The lowest BCUT2D eigenvalue weighted by atomic mass is 9.81. The number of hydrogen-bond acceptors (Lipinski definition) is 12. The summed E-state index contributed by atoms with van der Waals surface area (Å²) in [7, 11) is -1.99. The van der Waals surface area contributed by atoms with Gasteiger partial charge in [-0.15, -0.1) is 15.3 Å². The standard InChI is InChI=1S/C31H41F2N9O5S2/c1-18-23(13-41(18)19-14-46-15-19)47-26-24-21(39-7-9-40(10-8-39)28(43)30(2)16-38(4)17-30)11-20(49(44,45)37-31(3)5-6-31)12-22(24)42(36-26)29-35-34-27(48-29)25(32)33/h11-12,18-19,23,25,37H,5-10,13-17H2,1-4H3/t18-,23+/m1/s1. The zero-order chi connectivity index (χ0) is 34.5. The molecular weight excluding hydrogens is 681 g/mol. The Morgan fingerprint density at radius 3 is 2.41 bits per heavy atom. The smallest absolute Gasteiger partial charge is 0.291 e. The van der Waals surface area contributed by atoms with Crippen molar-refractivity contribution in [2.24, 2.45) is 5.41 Å². The first-order chi connectivity index (χ1) is 23.2. The average molecular weight is 722 g/mol. The summed E-state index contributed by atoms with van der Waals surface area (Å²) in [6, 6.07) is 3.56.